The monoisotopic (exact) mass is 684 g/mol. The molecule has 3 saturated heterocycles. The first-order valence-corrected chi connectivity index (χ1v) is 17.5. The number of ether oxygens (including phenoxy) is 2. The van der Waals surface area contributed by atoms with Gasteiger partial charge in [0.15, 0.2) is 0 Å². The summed E-state index contributed by atoms with van der Waals surface area (Å²) in [6.45, 7) is 16.2. The molecule has 3 aliphatic rings. The number of aliphatic hydroxyl groups excluding tert-OH is 1. The summed E-state index contributed by atoms with van der Waals surface area (Å²) in [5.74, 6) is -2.24. The van der Waals surface area contributed by atoms with E-state index in [9.17, 15) is 14.7 Å². The van der Waals surface area contributed by atoms with E-state index in [2.05, 4.69) is 23.5 Å². The molecule has 1 aromatic heterocycles. The minimum Gasteiger partial charge on any atom is -0.494 e. The van der Waals surface area contributed by atoms with Crippen LogP contribution in [0.3, 0.4) is 0 Å². The third kappa shape index (κ3) is 5.68. The van der Waals surface area contributed by atoms with Crippen LogP contribution in [0.25, 0.3) is 11.0 Å². The van der Waals surface area contributed by atoms with Crippen molar-refractivity contribution >= 4 is 34.4 Å². The van der Waals surface area contributed by atoms with Gasteiger partial charge in [0.1, 0.15) is 29.6 Å². The van der Waals surface area contributed by atoms with Crippen LogP contribution in [0.1, 0.15) is 47.0 Å². The number of nitrogens with zero attached hydrogens (tertiary/aromatic N) is 6. The first-order valence-electron chi connectivity index (χ1n) is 17.5. The van der Waals surface area contributed by atoms with Gasteiger partial charge in [-0.1, -0.05) is 49.8 Å². The van der Waals surface area contributed by atoms with Gasteiger partial charge in [-0.25, -0.2) is 4.68 Å². The SMILES string of the molecule is C=CCN(Cn1nnc2ccccc21)C(=O)C1N([C@@H](CO)[C@@H](C)CC)C(=O)[C@@H]2[C@@H](C(=O)N(CC=C)c3ccc(OCC)cc3)[C@@]3(C)CCC12O3. The van der Waals surface area contributed by atoms with E-state index in [1.54, 1.807) is 31.5 Å². The van der Waals surface area contributed by atoms with E-state index < -0.39 is 35.1 Å². The maximum absolute atomic E-state index is 15.1. The lowest BCUT2D eigenvalue weighted by atomic mass is 9.66. The van der Waals surface area contributed by atoms with Crippen molar-refractivity contribution in [2.24, 2.45) is 17.8 Å². The van der Waals surface area contributed by atoms with Crippen LogP contribution in [0.2, 0.25) is 0 Å². The van der Waals surface area contributed by atoms with Crippen molar-refractivity contribution in [2.75, 3.05) is 31.2 Å². The summed E-state index contributed by atoms with van der Waals surface area (Å²) in [5.41, 5.74) is -0.199. The lowest BCUT2D eigenvalue weighted by Crippen LogP contribution is -2.60. The fourth-order valence-corrected chi connectivity index (χ4v) is 8.43. The van der Waals surface area contributed by atoms with Crippen LogP contribution in [-0.2, 0) is 25.8 Å². The molecule has 1 N–H and O–H groups in total. The number of amides is 3. The van der Waals surface area contributed by atoms with E-state index in [1.807, 2.05) is 76.2 Å². The van der Waals surface area contributed by atoms with Crippen LogP contribution >= 0.6 is 0 Å². The Bertz CT molecular complexity index is 1760. The average Bonchev–Trinajstić information content (AvgIpc) is 3.83. The second kappa shape index (κ2) is 14.0. The molecule has 12 nitrogen and oxygen atoms in total. The molecular formula is C38H48N6O6. The van der Waals surface area contributed by atoms with E-state index in [0.29, 0.717) is 42.8 Å². The quantitative estimate of drug-likeness (QED) is 0.236. The van der Waals surface area contributed by atoms with Gasteiger partial charge in [0.05, 0.1) is 42.2 Å². The summed E-state index contributed by atoms with van der Waals surface area (Å²) in [6, 6.07) is 13.0. The fourth-order valence-electron chi connectivity index (χ4n) is 8.43. The number of likely N-dealkylation sites (tertiary alicyclic amines) is 1. The van der Waals surface area contributed by atoms with Crippen molar-refractivity contribution in [3.63, 3.8) is 0 Å². The highest BCUT2D eigenvalue weighted by Gasteiger charge is 2.79. The maximum Gasteiger partial charge on any atom is 0.250 e. The van der Waals surface area contributed by atoms with Gasteiger partial charge in [-0.3, -0.25) is 14.4 Å². The van der Waals surface area contributed by atoms with Crippen LogP contribution in [-0.4, -0.2) is 97.2 Å². The predicted octanol–water partition coefficient (Wildman–Crippen LogP) is 4.19. The molecule has 2 bridgehead atoms. The number of aromatic nitrogens is 3. The molecule has 3 fully saturated rings. The molecule has 3 amide bonds. The number of anilines is 1. The molecule has 6 rings (SSSR count). The zero-order valence-corrected chi connectivity index (χ0v) is 29.4. The molecular weight excluding hydrogens is 636 g/mol. The Morgan fingerprint density at radius 1 is 1.10 bits per heavy atom. The van der Waals surface area contributed by atoms with Crippen molar-refractivity contribution < 1.29 is 29.0 Å². The van der Waals surface area contributed by atoms with Gasteiger partial charge in [0.25, 0.3) is 0 Å². The highest BCUT2D eigenvalue weighted by molar-refractivity contribution is 6.03. The van der Waals surface area contributed by atoms with Crippen molar-refractivity contribution in [3.8, 4) is 5.75 Å². The molecule has 0 aliphatic carbocycles. The van der Waals surface area contributed by atoms with Crippen molar-refractivity contribution in [3.05, 3.63) is 73.8 Å². The second-order valence-electron chi connectivity index (χ2n) is 13.8. The van der Waals surface area contributed by atoms with Crippen LogP contribution in [0.5, 0.6) is 5.75 Å². The van der Waals surface area contributed by atoms with Gasteiger partial charge in [-0.15, -0.1) is 18.3 Å². The zero-order chi connectivity index (χ0) is 35.8. The molecule has 4 heterocycles. The number of benzene rings is 2. The van der Waals surface area contributed by atoms with E-state index >= 15 is 4.79 Å². The molecule has 50 heavy (non-hydrogen) atoms. The van der Waals surface area contributed by atoms with Crippen molar-refractivity contribution in [2.45, 2.75) is 76.9 Å². The van der Waals surface area contributed by atoms with Crippen LogP contribution in [0, 0.1) is 17.8 Å². The Morgan fingerprint density at radius 2 is 1.82 bits per heavy atom. The molecule has 2 unspecified atom stereocenters. The van der Waals surface area contributed by atoms with E-state index in [0.717, 1.165) is 5.52 Å². The number of fused-ring (bicyclic) bond motifs is 2. The maximum atomic E-state index is 15.1. The fraction of sp³-hybridized carbons (Fsp3) is 0.500. The third-order valence-corrected chi connectivity index (χ3v) is 11.0. The van der Waals surface area contributed by atoms with Crippen molar-refractivity contribution in [1.82, 2.24) is 24.8 Å². The van der Waals surface area contributed by atoms with Gasteiger partial charge in [-0.05, 0) is 69.0 Å². The minimum atomic E-state index is -1.29. The third-order valence-electron chi connectivity index (χ3n) is 11.0. The second-order valence-corrected chi connectivity index (χ2v) is 13.8. The van der Waals surface area contributed by atoms with Gasteiger partial charge >= 0.3 is 0 Å². The number of carbonyl (C=O) groups is 3. The summed E-state index contributed by atoms with van der Waals surface area (Å²) in [5, 5.41) is 19.4. The summed E-state index contributed by atoms with van der Waals surface area (Å²) in [6.07, 6.45) is 4.85. The van der Waals surface area contributed by atoms with E-state index in [4.69, 9.17) is 9.47 Å². The smallest absolute Gasteiger partial charge is 0.250 e. The summed E-state index contributed by atoms with van der Waals surface area (Å²) >= 11 is 0. The van der Waals surface area contributed by atoms with Gasteiger partial charge < -0.3 is 29.3 Å². The number of para-hydroxylation sites is 1. The van der Waals surface area contributed by atoms with Crippen LogP contribution in [0.15, 0.2) is 73.8 Å². The largest absolute Gasteiger partial charge is 0.494 e. The number of aliphatic hydroxyl groups is 1. The molecule has 0 saturated carbocycles. The van der Waals surface area contributed by atoms with E-state index in [1.165, 1.54) is 0 Å². The Balaban J connectivity index is 1.42. The molecule has 2 aromatic carbocycles. The van der Waals surface area contributed by atoms with Crippen molar-refractivity contribution in [1.29, 1.82) is 0 Å². The zero-order valence-electron chi connectivity index (χ0n) is 29.4. The highest BCUT2D eigenvalue weighted by atomic mass is 16.5. The Hall–Kier alpha value is -4.55. The molecule has 7 atom stereocenters. The standard InChI is InChI=1S/C38H48N6O6/c1-7-21-41(24-43-29-14-12-11-13-28(29)39-40-43)36(48)33-38-20-19-37(6,50-38)31(32(38)35(47)44(33)30(23-45)25(5)9-3)34(46)42(22-8-2)26-15-17-27(18-16-26)49-10-4/h7-8,11-18,25,30-33,45H,1-2,9-10,19-24H2,3-6H3/t25-,30-,31-,32-,33?,37+,38?/m0/s1. The summed E-state index contributed by atoms with van der Waals surface area (Å²) in [7, 11) is 0. The molecule has 12 heteroatoms. The van der Waals surface area contributed by atoms with Crippen LogP contribution < -0.4 is 9.64 Å². The molecule has 3 aliphatic heterocycles. The van der Waals surface area contributed by atoms with Gasteiger partial charge in [0, 0.05) is 18.8 Å². The number of rotatable bonds is 15. The summed E-state index contributed by atoms with van der Waals surface area (Å²) < 4.78 is 14.2. The highest BCUT2D eigenvalue weighted by Crippen LogP contribution is 2.64. The number of hydrogen-bond donors (Lipinski definition) is 1. The topological polar surface area (TPSA) is 130 Å². The lowest BCUT2D eigenvalue weighted by molar-refractivity contribution is -0.157. The Kier molecular flexibility index (Phi) is 9.87. The number of carbonyl (C=O) groups excluding carboxylic acids is 3. The lowest BCUT2D eigenvalue weighted by Gasteiger charge is -2.41. The molecule has 1 spiro atoms. The number of hydrogen-bond acceptors (Lipinski definition) is 8. The predicted molar refractivity (Wildman–Crippen MR) is 189 cm³/mol. The minimum absolute atomic E-state index is 0.0578. The van der Waals surface area contributed by atoms with Gasteiger partial charge in [0.2, 0.25) is 17.7 Å². The van der Waals surface area contributed by atoms with E-state index in [-0.39, 0.29) is 50.0 Å². The first-order chi connectivity index (χ1) is 24.1. The first kappa shape index (κ1) is 35.3. The van der Waals surface area contributed by atoms with Gasteiger partial charge in [-0.2, -0.15) is 0 Å². The normalized spacial score (nSPS) is 26.5. The van der Waals surface area contributed by atoms with Crippen LogP contribution in [0.4, 0.5) is 5.69 Å². The average molecular weight is 685 g/mol. The molecule has 3 aromatic rings. The molecule has 0 radical (unpaired) electrons. The Labute approximate surface area is 293 Å². The Morgan fingerprint density at radius 3 is 2.48 bits per heavy atom. The molecule has 266 valence electrons. The summed E-state index contributed by atoms with van der Waals surface area (Å²) in [4.78, 5) is 49.7.